The molecule has 4 rings (SSSR count). The SMILES string of the molecule is CC(=O)N[C@@H](c1ccccn1)C1CCN(Cc2ccc(OCc3ccccc3F)cc2)CC1. The minimum atomic E-state index is -0.249. The number of rotatable bonds is 8. The second-order valence-electron chi connectivity index (χ2n) is 8.57. The molecule has 1 aliphatic rings. The number of amides is 1. The molecule has 1 aromatic heterocycles. The minimum absolute atomic E-state index is 0.0228. The number of carbonyl (C=O) groups excluding carboxylic acids is 1. The minimum Gasteiger partial charge on any atom is -0.489 e. The van der Waals surface area contributed by atoms with Gasteiger partial charge in [-0.3, -0.25) is 14.7 Å². The topological polar surface area (TPSA) is 54.5 Å². The lowest BCUT2D eigenvalue weighted by molar-refractivity contribution is -0.120. The molecule has 0 unspecified atom stereocenters. The van der Waals surface area contributed by atoms with Crippen molar-refractivity contribution in [2.24, 2.45) is 5.92 Å². The highest BCUT2D eigenvalue weighted by atomic mass is 19.1. The van der Waals surface area contributed by atoms with Gasteiger partial charge < -0.3 is 10.1 Å². The van der Waals surface area contributed by atoms with Crippen molar-refractivity contribution in [3.05, 3.63) is 95.6 Å². The van der Waals surface area contributed by atoms with E-state index in [4.69, 9.17) is 4.74 Å². The molecule has 5 nitrogen and oxygen atoms in total. The number of hydrogen-bond donors (Lipinski definition) is 1. The maximum Gasteiger partial charge on any atom is 0.217 e. The van der Waals surface area contributed by atoms with Crippen LogP contribution in [0.1, 0.15) is 42.6 Å². The molecule has 0 spiro atoms. The maximum atomic E-state index is 13.7. The van der Waals surface area contributed by atoms with E-state index in [1.54, 1.807) is 25.3 Å². The van der Waals surface area contributed by atoms with Crippen molar-refractivity contribution in [2.45, 2.75) is 39.0 Å². The maximum absolute atomic E-state index is 13.7. The van der Waals surface area contributed by atoms with Crippen LogP contribution in [0.3, 0.4) is 0 Å². The fourth-order valence-corrected chi connectivity index (χ4v) is 4.38. The van der Waals surface area contributed by atoms with E-state index in [-0.39, 0.29) is 24.4 Å². The largest absolute Gasteiger partial charge is 0.489 e. The summed E-state index contributed by atoms with van der Waals surface area (Å²) in [5.74, 6) is 0.829. The van der Waals surface area contributed by atoms with Crippen LogP contribution in [0.15, 0.2) is 72.9 Å². The van der Waals surface area contributed by atoms with Gasteiger partial charge in [-0.25, -0.2) is 4.39 Å². The smallest absolute Gasteiger partial charge is 0.217 e. The Labute approximate surface area is 194 Å². The van der Waals surface area contributed by atoms with E-state index in [1.165, 1.54) is 11.6 Å². The van der Waals surface area contributed by atoms with E-state index in [2.05, 4.69) is 27.3 Å². The van der Waals surface area contributed by atoms with Gasteiger partial charge in [0.15, 0.2) is 0 Å². The summed E-state index contributed by atoms with van der Waals surface area (Å²) < 4.78 is 19.5. The number of aromatic nitrogens is 1. The number of halogens is 1. The predicted octanol–water partition coefficient (Wildman–Crippen LogP) is 4.89. The molecular weight excluding hydrogens is 417 g/mol. The summed E-state index contributed by atoms with van der Waals surface area (Å²) in [5, 5.41) is 3.11. The summed E-state index contributed by atoms with van der Waals surface area (Å²) in [6.07, 6.45) is 3.79. The first-order chi connectivity index (χ1) is 16.1. The normalized spacial score (nSPS) is 15.7. The zero-order valence-electron chi connectivity index (χ0n) is 18.9. The second-order valence-corrected chi connectivity index (χ2v) is 8.57. The number of carbonyl (C=O) groups is 1. The Hall–Kier alpha value is -3.25. The van der Waals surface area contributed by atoms with E-state index >= 15 is 0 Å². The van der Waals surface area contributed by atoms with Gasteiger partial charge in [-0.1, -0.05) is 36.4 Å². The molecular formula is C27H30FN3O2. The van der Waals surface area contributed by atoms with E-state index in [1.807, 2.05) is 36.4 Å². The van der Waals surface area contributed by atoms with Gasteiger partial charge in [0.25, 0.3) is 0 Å². The third-order valence-electron chi connectivity index (χ3n) is 6.15. The first kappa shape index (κ1) is 22.9. The number of piperidine rings is 1. The first-order valence-corrected chi connectivity index (χ1v) is 11.4. The van der Waals surface area contributed by atoms with Crippen molar-refractivity contribution in [1.29, 1.82) is 0 Å². The van der Waals surface area contributed by atoms with Crippen LogP contribution in [0, 0.1) is 11.7 Å². The number of nitrogens with one attached hydrogen (secondary N) is 1. The molecule has 0 saturated carbocycles. The highest BCUT2D eigenvalue weighted by molar-refractivity contribution is 5.73. The van der Waals surface area contributed by atoms with Crippen LogP contribution in [-0.4, -0.2) is 28.9 Å². The molecule has 1 atom stereocenters. The Kier molecular flexibility index (Phi) is 7.68. The molecule has 1 N–H and O–H groups in total. The van der Waals surface area contributed by atoms with Crippen LogP contribution in [0.2, 0.25) is 0 Å². The summed E-state index contributed by atoms with van der Waals surface area (Å²) >= 11 is 0. The number of likely N-dealkylation sites (tertiary alicyclic amines) is 1. The predicted molar refractivity (Wildman–Crippen MR) is 126 cm³/mol. The molecule has 3 aromatic rings. The van der Waals surface area contributed by atoms with Crippen molar-refractivity contribution >= 4 is 5.91 Å². The molecule has 0 aliphatic carbocycles. The van der Waals surface area contributed by atoms with Crippen molar-refractivity contribution < 1.29 is 13.9 Å². The molecule has 2 heterocycles. The standard InChI is InChI=1S/C27H30FN3O2/c1-20(32)30-27(26-8-4-5-15-29-26)22-13-16-31(17-14-22)18-21-9-11-24(12-10-21)33-19-23-6-2-3-7-25(23)28/h2-12,15,22,27H,13-14,16-19H2,1H3,(H,30,32)/t27-/m1/s1. The summed E-state index contributed by atoms with van der Waals surface area (Å²) in [4.78, 5) is 18.7. The van der Waals surface area contributed by atoms with Gasteiger partial charge >= 0.3 is 0 Å². The van der Waals surface area contributed by atoms with E-state index in [9.17, 15) is 9.18 Å². The van der Waals surface area contributed by atoms with Crippen LogP contribution in [0.25, 0.3) is 0 Å². The average molecular weight is 448 g/mol. The van der Waals surface area contributed by atoms with Gasteiger partial charge in [0.2, 0.25) is 5.91 Å². The molecule has 172 valence electrons. The third kappa shape index (κ3) is 6.39. The molecule has 1 saturated heterocycles. The number of ether oxygens (including phenoxy) is 1. The van der Waals surface area contributed by atoms with Crippen molar-refractivity contribution in [3.8, 4) is 5.75 Å². The summed E-state index contributed by atoms with van der Waals surface area (Å²) in [6.45, 7) is 4.59. The summed E-state index contributed by atoms with van der Waals surface area (Å²) in [7, 11) is 0. The molecule has 0 bridgehead atoms. The summed E-state index contributed by atoms with van der Waals surface area (Å²) in [6, 6.07) is 20.5. The zero-order valence-corrected chi connectivity index (χ0v) is 18.9. The van der Waals surface area contributed by atoms with Gasteiger partial charge in [0.1, 0.15) is 18.2 Å². The number of benzene rings is 2. The van der Waals surface area contributed by atoms with Crippen LogP contribution < -0.4 is 10.1 Å². The fraction of sp³-hybridized carbons (Fsp3) is 0.333. The lowest BCUT2D eigenvalue weighted by atomic mass is 9.87. The molecule has 6 heteroatoms. The monoisotopic (exact) mass is 447 g/mol. The number of hydrogen-bond acceptors (Lipinski definition) is 4. The van der Waals surface area contributed by atoms with Crippen LogP contribution >= 0.6 is 0 Å². The number of pyridine rings is 1. The van der Waals surface area contributed by atoms with Crippen molar-refractivity contribution in [1.82, 2.24) is 15.2 Å². The van der Waals surface area contributed by atoms with E-state index in [0.29, 0.717) is 11.5 Å². The quantitative estimate of drug-likeness (QED) is 0.534. The van der Waals surface area contributed by atoms with Crippen molar-refractivity contribution in [2.75, 3.05) is 13.1 Å². The zero-order chi connectivity index (χ0) is 23.0. The Bertz CT molecular complexity index is 1030. The van der Waals surface area contributed by atoms with Gasteiger partial charge in [0.05, 0.1) is 11.7 Å². The summed E-state index contributed by atoms with van der Waals surface area (Å²) in [5.41, 5.74) is 2.69. The Morgan fingerprint density at radius 1 is 1.09 bits per heavy atom. The highest BCUT2D eigenvalue weighted by Gasteiger charge is 2.29. The van der Waals surface area contributed by atoms with Gasteiger partial charge in [0, 0.05) is 25.2 Å². The lowest BCUT2D eigenvalue weighted by Gasteiger charge is -2.36. The van der Waals surface area contributed by atoms with E-state index in [0.717, 1.165) is 43.9 Å². The highest BCUT2D eigenvalue weighted by Crippen LogP contribution is 2.30. The average Bonchev–Trinajstić information content (AvgIpc) is 2.84. The molecule has 1 amide bonds. The number of nitrogens with zero attached hydrogens (tertiary/aromatic N) is 2. The fourth-order valence-electron chi connectivity index (χ4n) is 4.38. The van der Waals surface area contributed by atoms with E-state index < -0.39 is 0 Å². The third-order valence-corrected chi connectivity index (χ3v) is 6.15. The lowest BCUT2D eigenvalue weighted by Crippen LogP contribution is -2.40. The van der Waals surface area contributed by atoms with Crippen molar-refractivity contribution in [3.63, 3.8) is 0 Å². The van der Waals surface area contributed by atoms with Gasteiger partial charge in [-0.05, 0) is 67.7 Å². The molecule has 0 radical (unpaired) electrons. The van der Waals surface area contributed by atoms with Gasteiger partial charge in [-0.15, -0.1) is 0 Å². The molecule has 2 aromatic carbocycles. The van der Waals surface area contributed by atoms with Crippen LogP contribution in [0.5, 0.6) is 5.75 Å². The van der Waals surface area contributed by atoms with Gasteiger partial charge in [-0.2, -0.15) is 0 Å². The first-order valence-electron chi connectivity index (χ1n) is 11.4. The Balaban J connectivity index is 1.28. The molecule has 1 fully saturated rings. The molecule has 33 heavy (non-hydrogen) atoms. The van der Waals surface area contributed by atoms with Crippen LogP contribution in [0.4, 0.5) is 4.39 Å². The Morgan fingerprint density at radius 3 is 2.48 bits per heavy atom. The molecule has 1 aliphatic heterocycles. The van der Waals surface area contributed by atoms with Crippen LogP contribution in [-0.2, 0) is 17.9 Å². The Morgan fingerprint density at radius 2 is 1.82 bits per heavy atom. The second kappa shape index (κ2) is 11.1.